The van der Waals surface area contributed by atoms with Gasteiger partial charge >= 0.3 is 8.80 Å². The molecule has 0 spiro atoms. The van der Waals surface area contributed by atoms with Crippen molar-refractivity contribution >= 4 is 32.3 Å². The number of imidazole rings is 1. The molecule has 1 saturated carbocycles. The van der Waals surface area contributed by atoms with Crippen molar-refractivity contribution in [2.24, 2.45) is 18.9 Å². The van der Waals surface area contributed by atoms with E-state index in [2.05, 4.69) is 49.1 Å². The molecule has 3 atom stereocenters. The fourth-order valence-electron chi connectivity index (χ4n) is 4.42. The average Bonchev–Trinajstić information content (AvgIpc) is 3.12. The van der Waals surface area contributed by atoms with Gasteiger partial charge < -0.3 is 17.8 Å². The van der Waals surface area contributed by atoms with Crippen LogP contribution >= 0.6 is 23.5 Å². The lowest BCUT2D eigenvalue weighted by Gasteiger charge is -2.42. The molecule has 180 valence electrons. The summed E-state index contributed by atoms with van der Waals surface area (Å²) in [5.41, 5.74) is 0. The number of hydrogen-bond acceptors (Lipinski definition) is 6. The fraction of sp³-hybridized carbons (Fsp3) is 0.870. The molecule has 2 rings (SSSR count). The molecule has 5 nitrogen and oxygen atoms in total. The Balaban J connectivity index is 1.88. The minimum absolute atomic E-state index is 0.271. The lowest BCUT2D eigenvalue weighted by Crippen LogP contribution is -2.46. The van der Waals surface area contributed by atoms with Crippen LogP contribution in [0.4, 0.5) is 0 Å². The highest BCUT2D eigenvalue weighted by Crippen LogP contribution is 2.47. The van der Waals surface area contributed by atoms with Crippen LogP contribution in [0.2, 0.25) is 6.04 Å². The summed E-state index contributed by atoms with van der Waals surface area (Å²) < 4.78 is 20.5. The maximum Gasteiger partial charge on any atom is 0.500 e. The lowest BCUT2D eigenvalue weighted by molar-refractivity contribution is 0.0712. The van der Waals surface area contributed by atoms with Crippen LogP contribution in [-0.2, 0) is 20.3 Å². The van der Waals surface area contributed by atoms with E-state index in [0.717, 1.165) is 35.2 Å². The summed E-state index contributed by atoms with van der Waals surface area (Å²) in [7, 11) is -0.426. The van der Waals surface area contributed by atoms with E-state index >= 15 is 0 Å². The smallest absolute Gasteiger partial charge is 0.374 e. The first-order valence-electron chi connectivity index (χ1n) is 12.0. The predicted octanol–water partition coefficient (Wildman–Crippen LogP) is 6.27. The third kappa shape index (κ3) is 8.07. The van der Waals surface area contributed by atoms with Crippen LogP contribution in [0.1, 0.15) is 67.2 Å². The largest absolute Gasteiger partial charge is 0.500 e. The molecule has 8 heteroatoms. The Labute approximate surface area is 200 Å². The number of hydrogen-bond donors (Lipinski definition) is 0. The molecule has 0 aliphatic heterocycles. The Morgan fingerprint density at radius 2 is 1.77 bits per heavy atom. The van der Waals surface area contributed by atoms with Crippen molar-refractivity contribution in [2.45, 2.75) is 88.4 Å². The van der Waals surface area contributed by atoms with Gasteiger partial charge in [0.25, 0.3) is 0 Å². The third-order valence-electron chi connectivity index (χ3n) is 6.33. The van der Waals surface area contributed by atoms with E-state index in [1.165, 1.54) is 19.3 Å². The summed E-state index contributed by atoms with van der Waals surface area (Å²) in [4.78, 5) is 4.55. The minimum Gasteiger partial charge on any atom is -0.374 e. The molecule has 1 heterocycles. The lowest BCUT2D eigenvalue weighted by atomic mass is 9.77. The van der Waals surface area contributed by atoms with Crippen molar-refractivity contribution in [3.63, 3.8) is 0 Å². The van der Waals surface area contributed by atoms with Crippen LogP contribution in [0.3, 0.4) is 0 Å². The molecule has 0 amide bonds. The first kappa shape index (κ1) is 27.3. The van der Waals surface area contributed by atoms with Crippen molar-refractivity contribution in [3.8, 4) is 0 Å². The molecule has 31 heavy (non-hydrogen) atoms. The van der Waals surface area contributed by atoms with E-state index in [9.17, 15) is 0 Å². The summed E-state index contributed by atoms with van der Waals surface area (Å²) in [5.74, 6) is 2.60. The molecule has 0 aromatic carbocycles. The van der Waals surface area contributed by atoms with Gasteiger partial charge in [-0.15, -0.1) is 0 Å². The summed E-state index contributed by atoms with van der Waals surface area (Å²) in [6.45, 7) is 15.3. The maximum atomic E-state index is 6.02. The Kier molecular flexibility index (Phi) is 11.5. The standard InChI is InChI=1S/C23H44N2O3S2Si/c1-8-26-31(27-9-2,28-10-3)17-11-16-29-23(5,6)20-13-12-19(4)21(18-20)30-22-24-14-15-25(22)7/h14-15,19-21H,8-13,16-18H2,1-7H3. The molecular formula is C23H44N2O3S2Si. The molecule has 0 radical (unpaired) electrons. The van der Waals surface area contributed by atoms with Gasteiger partial charge in [0, 0.05) is 55.3 Å². The normalized spacial score (nSPS) is 22.7. The zero-order valence-corrected chi connectivity index (χ0v) is 23.3. The Bertz CT molecular complexity index is 627. The summed E-state index contributed by atoms with van der Waals surface area (Å²) in [5, 5.41) is 1.79. The number of thioether (sulfide) groups is 2. The van der Waals surface area contributed by atoms with Crippen molar-refractivity contribution in [1.29, 1.82) is 0 Å². The van der Waals surface area contributed by atoms with Crippen molar-refractivity contribution < 1.29 is 13.3 Å². The second kappa shape index (κ2) is 13.0. The molecular weight excluding hydrogens is 444 g/mol. The van der Waals surface area contributed by atoms with E-state index in [4.69, 9.17) is 13.3 Å². The van der Waals surface area contributed by atoms with E-state index in [1.807, 2.05) is 44.9 Å². The van der Waals surface area contributed by atoms with E-state index in [1.54, 1.807) is 0 Å². The number of nitrogens with zero attached hydrogens (tertiary/aromatic N) is 2. The third-order valence-corrected chi connectivity index (χ3v) is 12.6. The quantitative estimate of drug-likeness (QED) is 0.227. The SMILES string of the molecule is CCO[Si](CCCSC(C)(C)C1CCC(C)C(Sc2nccn2C)C1)(OCC)OCC. The molecule has 0 saturated heterocycles. The number of aryl methyl sites for hydroxylation is 1. The van der Waals surface area contributed by atoms with Crippen LogP contribution in [-0.4, -0.2) is 53.9 Å². The summed E-state index contributed by atoms with van der Waals surface area (Å²) in [6, 6.07) is 0.908. The van der Waals surface area contributed by atoms with Gasteiger partial charge in [0.05, 0.1) is 0 Å². The van der Waals surface area contributed by atoms with Crippen LogP contribution in [0.5, 0.6) is 0 Å². The second-order valence-electron chi connectivity index (χ2n) is 9.00. The molecule has 0 bridgehead atoms. The van der Waals surface area contributed by atoms with E-state index < -0.39 is 8.80 Å². The van der Waals surface area contributed by atoms with Gasteiger partial charge in [0.15, 0.2) is 5.16 Å². The average molecular weight is 489 g/mol. The fourth-order valence-corrected chi connectivity index (χ4v) is 9.87. The number of rotatable bonds is 14. The molecule has 1 fully saturated rings. The Morgan fingerprint density at radius 1 is 1.13 bits per heavy atom. The van der Waals surface area contributed by atoms with Crippen LogP contribution in [0.15, 0.2) is 17.6 Å². The van der Waals surface area contributed by atoms with Gasteiger partial charge in [-0.05, 0) is 64.0 Å². The van der Waals surface area contributed by atoms with Crippen molar-refractivity contribution in [1.82, 2.24) is 9.55 Å². The van der Waals surface area contributed by atoms with Gasteiger partial charge in [-0.2, -0.15) is 11.8 Å². The molecule has 1 aliphatic carbocycles. The van der Waals surface area contributed by atoms with Gasteiger partial charge in [0.2, 0.25) is 0 Å². The molecule has 1 aromatic heterocycles. The monoisotopic (exact) mass is 488 g/mol. The first-order valence-corrected chi connectivity index (χ1v) is 15.8. The predicted molar refractivity (Wildman–Crippen MR) is 136 cm³/mol. The van der Waals surface area contributed by atoms with Crippen LogP contribution in [0.25, 0.3) is 0 Å². The minimum atomic E-state index is -2.52. The van der Waals surface area contributed by atoms with Gasteiger partial charge in [-0.3, -0.25) is 0 Å². The van der Waals surface area contributed by atoms with E-state index in [-0.39, 0.29) is 4.75 Å². The highest BCUT2D eigenvalue weighted by atomic mass is 32.2. The van der Waals surface area contributed by atoms with E-state index in [0.29, 0.717) is 25.1 Å². The number of aromatic nitrogens is 2. The molecule has 3 unspecified atom stereocenters. The molecule has 0 N–H and O–H groups in total. The topological polar surface area (TPSA) is 45.5 Å². The van der Waals surface area contributed by atoms with Gasteiger partial charge in [-0.25, -0.2) is 4.98 Å². The van der Waals surface area contributed by atoms with Gasteiger partial charge in [0.1, 0.15) is 0 Å². The highest BCUT2D eigenvalue weighted by Gasteiger charge is 2.41. The Hall–Kier alpha value is 0.00688. The Morgan fingerprint density at radius 3 is 2.32 bits per heavy atom. The maximum absolute atomic E-state index is 6.02. The van der Waals surface area contributed by atoms with Crippen molar-refractivity contribution in [2.75, 3.05) is 25.6 Å². The summed E-state index contributed by atoms with van der Waals surface area (Å²) >= 11 is 4.09. The van der Waals surface area contributed by atoms with Crippen LogP contribution < -0.4 is 0 Å². The first-order chi connectivity index (χ1) is 14.8. The molecule has 1 aromatic rings. The zero-order chi connectivity index (χ0) is 22.9. The van der Waals surface area contributed by atoms with Crippen LogP contribution in [0, 0.1) is 11.8 Å². The molecule has 1 aliphatic rings. The highest BCUT2D eigenvalue weighted by molar-refractivity contribution is 8.00. The van der Waals surface area contributed by atoms with Gasteiger partial charge in [-0.1, -0.05) is 32.5 Å². The summed E-state index contributed by atoms with van der Waals surface area (Å²) in [6.07, 6.45) is 8.94. The second-order valence-corrected chi connectivity index (χ2v) is 14.7. The zero-order valence-electron chi connectivity index (χ0n) is 20.7. The van der Waals surface area contributed by atoms with Crippen molar-refractivity contribution in [3.05, 3.63) is 12.4 Å².